The first-order chi connectivity index (χ1) is 8.29. The van der Waals surface area contributed by atoms with Crippen LogP contribution >= 0.6 is 0 Å². The fourth-order valence-electron chi connectivity index (χ4n) is 2.50. The van der Waals surface area contributed by atoms with E-state index in [1.54, 1.807) is 0 Å². The Balaban J connectivity index is 1.85. The molecule has 0 bridgehead atoms. The molecule has 17 heavy (non-hydrogen) atoms. The van der Waals surface area contributed by atoms with Crippen molar-refractivity contribution in [1.29, 1.82) is 0 Å². The van der Waals surface area contributed by atoms with Crippen molar-refractivity contribution in [2.45, 2.75) is 46.0 Å². The van der Waals surface area contributed by atoms with E-state index in [0.29, 0.717) is 5.92 Å². The average Bonchev–Trinajstić information content (AvgIpc) is 2.78. The minimum Gasteiger partial charge on any atom is -0.339 e. The molecule has 0 aliphatic carbocycles. The number of aryl methyl sites for hydroxylation is 1. The Morgan fingerprint density at radius 3 is 3.12 bits per heavy atom. The maximum Gasteiger partial charge on any atom is 0.226 e. The van der Waals surface area contributed by atoms with Crippen molar-refractivity contribution in [3.8, 4) is 0 Å². The normalized spacial score (nSPS) is 22.6. The van der Waals surface area contributed by atoms with E-state index in [2.05, 4.69) is 29.3 Å². The zero-order valence-electron chi connectivity index (χ0n) is 10.9. The predicted octanol–water partition coefficient (Wildman–Crippen LogP) is 2.20. The summed E-state index contributed by atoms with van der Waals surface area (Å²) in [5.74, 6) is 3.05. The topological polar surface area (TPSA) is 51.0 Å². The van der Waals surface area contributed by atoms with Crippen molar-refractivity contribution in [2.75, 3.05) is 13.1 Å². The first-order valence-electron chi connectivity index (χ1n) is 6.81. The van der Waals surface area contributed by atoms with Gasteiger partial charge >= 0.3 is 0 Å². The maximum atomic E-state index is 5.30. The van der Waals surface area contributed by atoms with Gasteiger partial charge in [-0.3, -0.25) is 0 Å². The zero-order chi connectivity index (χ0) is 12.1. The van der Waals surface area contributed by atoms with Crippen LogP contribution in [0, 0.1) is 11.8 Å². The molecule has 0 saturated carbocycles. The minimum absolute atomic E-state index is 0.623. The molecule has 96 valence electrons. The van der Waals surface area contributed by atoms with Crippen molar-refractivity contribution in [1.82, 2.24) is 15.5 Å². The molecule has 0 spiro atoms. The van der Waals surface area contributed by atoms with Gasteiger partial charge in [0, 0.05) is 12.8 Å². The standard InChI is InChI=1S/C13H23N3O/c1-3-5-12-15-13(17-16-12)8-10(2)11-6-4-7-14-9-11/h10-11,14H,3-9H2,1-2H3. The third-order valence-corrected chi connectivity index (χ3v) is 3.62. The highest BCUT2D eigenvalue weighted by molar-refractivity contribution is 4.89. The van der Waals surface area contributed by atoms with Gasteiger partial charge in [0.1, 0.15) is 0 Å². The lowest BCUT2D eigenvalue weighted by Crippen LogP contribution is -2.33. The Morgan fingerprint density at radius 1 is 1.53 bits per heavy atom. The Morgan fingerprint density at radius 2 is 2.41 bits per heavy atom. The quantitative estimate of drug-likeness (QED) is 0.853. The fourth-order valence-corrected chi connectivity index (χ4v) is 2.50. The van der Waals surface area contributed by atoms with Crippen molar-refractivity contribution >= 4 is 0 Å². The van der Waals surface area contributed by atoms with Gasteiger partial charge in [0.05, 0.1) is 0 Å². The number of nitrogens with zero attached hydrogens (tertiary/aromatic N) is 2. The first-order valence-corrected chi connectivity index (χ1v) is 6.81. The molecule has 4 heteroatoms. The monoisotopic (exact) mass is 237 g/mol. The van der Waals surface area contributed by atoms with E-state index in [-0.39, 0.29) is 0 Å². The van der Waals surface area contributed by atoms with Crippen molar-refractivity contribution in [3.05, 3.63) is 11.7 Å². The van der Waals surface area contributed by atoms with Crippen LogP contribution in [0.15, 0.2) is 4.52 Å². The van der Waals surface area contributed by atoms with Gasteiger partial charge in [-0.05, 0) is 44.2 Å². The van der Waals surface area contributed by atoms with E-state index in [4.69, 9.17) is 4.52 Å². The molecule has 1 N–H and O–H groups in total. The summed E-state index contributed by atoms with van der Waals surface area (Å²) in [6.07, 6.45) is 5.52. The van der Waals surface area contributed by atoms with Crippen LogP contribution in [0.2, 0.25) is 0 Å². The third-order valence-electron chi connectivity index (χ3n) is 3.62. The lowest BCUT2D eigenvalue weighted by atomic mass is 9.85. The van der Waals surface area contributed by atoms with Crippen LogP contribution in [0.5, 0.6) is 0 Å². The van der Waals surface area contributed by atoms with Crippen LogP contribution in [0.25, 0.3) is 0 Å². The number of aromatic nitrogens is 2. The zero-order valence-corrected chi connectivity index (χ0v) is 10.9. The van der Waals surface area contributed by atoms with Gasteiger partial charge in [0.2, 0.25) is 5.89 Å². The van der Waals surface area contributed by atoms with E-state index in [9.17, 15) is 0 Å². The highest BCUT2D eigenvalue weighted by atomic mass is 16.5. The highest BCUT2D eigenvalue weighted by Crippen LogP contribution is 2.22. The smallest absolute Gasteiger partial charge is 0.226 e. The molecule has 1 saturated heterocycles. The molecule has 1 aliphatic rings. The third kappa shape index (κ3) is 3.53. The summed E-state index contributed by atoms with van der Waals surface area (Å²) in [7, 11) is 0. The van der Waals surface area contributed by atoms with Crippen LogP contribution in [-0.4, -0.2) is 23.2 Å². The molecule has 1 aliphatic heterocycles. The first kappa shape index (κ1) is 12.6. The largest absolute Gasteiger partial charge is 0.339 e. The van der Waals surface area contributed by atoms with Gasteiger partial charge < -0.3 is 9.84 Å². The SMILES string of the molecule is CCCc1noc(CC(C)C2CCCNC2)n1. The number of hydrogen-bond acceptors (Lipinski definition) is 4. The van der Waals surface area contributed by atoms with Crippen LogP contribution in [0.1, 0.15) is 44.8 Å². The minimum atomic E-state index is 0.623. The van der Waals surface area contributed by atoms with Gasteiger partial charge in [-0.1, -0.05) is 19.0 Å². The number of piperidine rings is 1. The predicted molar refractivity (Wildman–Crippen MR) is 66.8 cm³/mol. The summed E-state index contributed by atoms with van der Waals surface area (Å²) in [5.41, 5.74) is 0. The maximum absolute atomic E-state index is 5.30. The van der Waals surface area contributed by atoms with Crippen LogP contribution in [0.4, 0.5) is 0 Å². The molecule has 0 radical (unpaired) electrons. The molecular weight excluding hydrogens is 214 g/mol. The Kier molecular flexibility index (Phi) is 4.54. The van der Waals surface area contributed by atoms with Crippen molar-refractivity contribution < 1.29 is 4.52 Å². The van der Waals surface area contributed by atoms with E-state index in [1.165, 1.54) is 19.4 Å². The summed E-state index contributed by atoms with van der Waals surface area (Å²) >= 11 is 0. The van der Waals surface area contributed by atoms with Gasteiger partial charge in [0.25, 0.3) is 0 Å². The molecule has 2 heterocycles. The van der Waals surface area contributed by atoms with Gasteiger partial charge in [-0.15, -0.1) is 0 Å². The van der Waals surface area contributed by atoms with Crippen LogP contribution < -0.4 is 5.32 Å². The van der Waals surface area contributed by atoms with Crippen molar-refractivity contribution in [2.24, 2.45) is 11.8 Å². The number of rotatable bonds is 5. The van der Waals surface area contributed by atoms with Crippen LogP contribution in [0.3, 0.4) is 0 Å². The molecule has 4 nitrogen and oxygen atoms in total. The summed E-state index contributed by atoms with van der Waals surface area (Å²) in [6.45, 7) is 6.73. The molecule has 1 fully saturated rings. The lowest BCUT2D eigenvalue weighted by Gasteiger charge is -2.27. The summed E-state index contributed by atoms with van der Waals surface area (Å²) in [6, 6.07) is 0. The van der Waals surface area contributed by atoms with Gasteiger partial charge in [0.15, 0.2) is 5.82 Å². The summed E-state index contributed by atoms with van der Waals surface area (Å²) < 4.78 is 5.30. The lowest BCUT2D eigenvalue weighted by molar-refractivity contribution is 0.256. The molecule has 1 aromatic heterocycles. The molecule has 0 amide bonds. The number of nitrogens with one attached hydrogen (secondary N) is 1. The molecule has 2 unspecified atom stereocenters. The second kappa shape index (κ2) is 6.15. The molecule has 0 aromatic carbocycles. The Bertz CT molecular complexity index is 331. The van der Waals surface area contributed by atoms with Gasteiger partial charge in [-0.2, -0.15) is 4.98 Å². The van der Waals surface area contributed by atoms with E-state index in [1.807, 2.05) is 0 Å². The fraction of sp³-hybridized carbons (Fsp3) is 0.846. The summed E-state index contributed by atoms with van der Waals surface area (Å²) in [5, 5.41) is 7.46. The highest BCUT2D eigenvalue weighted by Gasteiger charge is 2.22. The molecule has 2 rings (SSSR count). The number of hydrogen-bond donors (Lipinski definition) is 1. The van der Waals surface area contributed by atoms with Gasteiger partial charge in [-0.25, -0.2) is 0 Å². The Hall–Kier alpha value is -0.900. The Labute approximate surface area is 103 Å². The second-order valence-electron chi connectivity index (χ2n) is 5.14. The molecule has 2 atom stereocenters. The molecule has 1 aromatic rings. The summed E-state index contributed by atoms with van der Waals surface area (Å²) in [4.78, 5) is 4.44. The average molecular weight is 237 g/mol. The van der Waals surface area contributed by atoms with E-state index < -0.39 is 0 Å². The molecular formula is C13H23N3O. The van der Waals surface area contributed by atoms with Crippen molar-refractivity contribution in [3.63, 3.8) is 0 Å². The van der Waals surface area contributed by atoms with E-state index >= 15 is 0 Å². The van der Waals surface area contributed by atoms with E-state index in [0.717, 1.165) is 43.4 Å². The van der Waals surface area contributed by atoms with Crippen LogP contribution in [-0.2, 0) is 12.8 Å². The second-order valence-corrected chi connectivity index (χ2v) is 5.14.